The minimum atomic E-state index is -0.601. The molecule has 2 nitrogen and oxygen atoms in total. The SMILES string of the molecule is O/N=C/c1c(Cl)ccc(F)c1Cl. The van der Waals surface area contributed by atoms with Crippen LogP contribution in [-0.4, -0.2) is 11.4 Å². The zero-order chi connectivity index (χ0) is 9.14. The van der Waals surface area contributed by atoms with Crippen molar-refractivity contribution in [2.24, 2.45) is 5.16 Å². The zero-order valence-electron chi connectivity index (χ0n) is 5.76. The Morgan fingerprint density at radius 3 is 2.67 bits per heavy atom. The van der Waals surface area contributed by atoms with Gasteiger partial charge in [0.15, 0.2) is 0 Å². The van der Waals surface area contributed by atoms with E-state index in [1.807, 2.05) is 0 Å². The molecule has 0 radical (unpaired) electrons. The summed E-state index contributed by atoms with van der Waals surface area (Å²) < 4.78 is 12.7. The van der Waals surface area contributed by atoms with E-state index in [-0.39, 0.29) is 15.6 Å². The molecule has 1 aromatic carbocycles. The molecule has 0 aliphatic heterocycles. The number of halogens is 3. The Morgan fingerprint density at radius 1 is 1.42 bits per heavy atom. The molecule has 1 aromatic rings. The molecule has 0 spiro atoms. The van der Waals surface area contributed by atoms with Gasteiger partial charge >= 0.3 is 0 Å². The minimum absolute atomic E-state index is 0.152. The Kier molecular flexibility index (Phi) is 2.89. The maximum absolute atomic E-state index is 12.7. The van der Waals surface area contributed by atoms with Crippen LogP contribution in [0.5, 0.6) is 0 Å². The van der Waals surface area contributed by atoms with Gasteiger partial charge in [-0.1, -0.05) is 28.4 Å². The number of oxime groups is 1. The molecule has 0 aliphatic carbocycles. The third-order valence-electron chi connectivity index (χ3n) is 1.27. The summed E-state index contributed by atoms with van der Waals surface area (Å²) in [5.74, 6) is -0.601. The first-order valence-corrected chi connectivity index (χ1v) is 3.73. The predicted molar refractivity (Wildman–Crippen MR) is 45.8 cm³/mol. The van der Waals surface area contributed by atoms with Crippen LogP contribution in [0.3, 0.4) is 0 Å². The Labute approximate surface area is 78.2 Å². The molecule has 0 amide bonds. The first-order chi connectivity index (χ1) is 5.66. The summed E-state index contributed by atoms with van der Waals surface area (Å²) in [5.41, 5.74) is 0.167. The van der Waals surface area contributed by atoms with Crippen LogP contribution in [0, 0.1) is 5.82 Å². The van der Waals surface area contributed by atoms with Crippen molar-refractivity contribution in [3.8, 4) is 0 Å². The normalized spacial score (nSPS) is 10.9. The number of hydrogen-bond donors (Lipinski definition) is 1. The maximum Gasteiger partial charge on any atom is 0.142 e. The molecule has 5 heteroatoms. The van der Waals surface area contributed by atoms with Gasteiger partial charge in [0.05, 0.1) is 16.3 Å². The van der Waals surface area contributed by atoms with Gasteiger partial charge in [0, 0.05) is 5.56 Å². The molecule has 1 rings (SSSR count). The van der Waals surface area contributed by atoms with Gasteiger partial charge in [0.2, 0.25) is 0 Å². The molecule has 0 bridgehead atoms. The smallest absolute Gasteiger partial charge is 0.142 e. The van der Waals surface area contributed by atoms with Crippen molar-refractivity contribution < 1.29 is 9.60 Å². The molecule has 0 unspecified atom stereocenters. The number of rotatable bonds is 1. The lowest BCUT2D eigenvalue weighted by atomic mass is 10.2. The third-order valence-corrected chi connectivity index (χ3v) is 1.98. The summed E-state index contributed by atoms with van der Waals surface area (Å²) in [4.78, 5) is 0. The van der Waals surface area contributed by atoms with Gasteiger partial charge in [-0.2, -0.15) is 0 Å². The topological polar surface area (TPSA) is 32.6 Å². The average molecular weight is 208 g/mol. The highest BCUT2D eigenvalue weighted by Crippen LogP contribution is 2.25. The van der Waals surface area contributed by atoms with Crippen LogP contribution in [0.2, 0.25) is 10.0 Å². The fraction of sp³-hybridized carbons (Fsp3) is 0. The van der Waals surface area contributed by atoms with Gasteiger partial charge in [-0.3, -0.25) is 0 Å². The molecule has 0 atom stereocenters. The summed E-state index contributed by atoms with van der Waals surface area (Å²) in [6.45, 7) is 0. The molecule has 0 fully saturated rings. The summed E-state index contributed by atoms with van der Waals surface area (Å²) in [5, 5.41) is 11.0. The molecule has 12 heavy (non-hydrogen) atoms. The molecule has 1 N–H and O–H groups in total. The molecule has 0 aliphatic rings. The van der Waals surface area contributed by atoms with Crippen LogP contribution in [0.1, 0.15) is 5.56 Å². The van der Waals surface area contributed by atoms with Crippen LogP contribution in [0.15, 0.2) is 17.3 Å². The molecule has 0 heterocycles. The van der Waals surface area contributed by atoms with Crippen molar-refractivity contribution >= 4 is 29.4 Å². The minimum Gasteiger partial charge on any atom is -0.411 e. The Hall–Kier alpha value is -0.800. The highest BCUT2D eigenvalue weighted by molar-refractivity contribution is 6.38. The summed E-state index contributed by atoms with van der Waals surface area (Å²) in [7, 11) is 0. The van der Waals surface area contributed by atoms with E-state index < -0.39 is 5.82 Å². The second-order valence-corrected chi connectivity index (χ2v) is 2.79. The van der Waals surface area contributed by atoms with Crippen molar-refractivity contribution in [2.45, 2.75) is 0 Å². The van der Waals surface area contributed by atoms with Gasteiger partial charge in [-0.15, -0.1) is 0 Å². The second kappa shape index (κ2) is 3.74. The van der Waals surface area contributed by atoms with E-state index in [9.17, 15) is 4.39 Å². The lowest BCUT2D eigenvalue weighted by molar-refractivity contribution is 0.322. The van der Waals surface area contributed by atoms with E-state index in [0.717, 1.165) is 12.3 Å². The third kappa shape index (κ3) is 1.68. The fourth-order valence-corrected chi connectivity index (χ4v) is 1.19. The Balaban J connectivity index is 3.32. The molecule has 0 aromatic heterocycles. The highest BCUT2D eigenvalue weighted by Gasteiger charge is 2.08. The first-order valence-electron chi connectivity index (χ1n) is 2.97. The Morgan fingerprint density at radius 2 is 2.08 bits per heavy atom. The molecule has 0 saturated carbocycles. The fourth-order valence-electron chi connectivity index (χ4n) is 0.719. The number of nitrogens with zero attached hydrogens (tertiary/aromatic N) is 1. The number of hydrogen-bond acceptors (Lipinski definition) is 2. The van der Waals surface area contributed by atoms with Crippen LogP contribution >= 0.6 is 23.2 Å². The van der Waals surface area contributed by atoms with Crippen LogP contribution in [-0.2, 0) is 0 Å². The van der Waals surface area contributed by atoms with E-state index in [0.29, 0.717) is 0 Å². The maximum atomic E-state index is 12.7. The van der Waals surface area contributed by atoms with Gasteiger partial charge in [-0.25, -0.2) is 4.39 Å². The van der Waals surface area contributed by atoms with E-state index in [4.69, 9.17) is 28.4 Å². The van der Waals surface area contributed by atoms with Gasteiger partial charge in [0.1, 0.15) is 5.82 Å². The van der Waals surface area contributed by atoms with Crippen LogP contribution in [0.25, 0.3) is 0 Å². The van der Waals surface area contributed by atoms with Crippen molar-refractivity contribution in [3.05, 3.63) is 33.6 Å². The number of benzene rings is 1. The zero-order valence-corrected chi connectivity index (χ0v) is 7.27. The average Bonchev–Trinajstić information content (AvgIpc) is 2.06. The summed E-state index contributed by atoms with van der Waals surface area (Å²) in [6.07, 6.45) is 0.980. The van der Waals surface area contributed by atoms with Crippen molar-refractivity contribution in [2.75, 3.05) is 0 Å². The van der Waals surface area contributed by atoms with Crippen LogP contribution < -0.4 is 0 Å². The van der Waals surface area contributed by atoms with Crippen molar-refractivity contribution in [3.63, 3.8) is 0 Å². The van der Waals surface area contributed by atoms with Gasteiger partial charge in [-0.05, 0) is 12.1 Å². The summed E-state index contributed by atoms with van der Waals surface area (Å²) in [6, 6.07) is 2.47. The van der Waals surface area contributed by atoms with Crippen molar-refractivity contribution in [1.82, 2.24) is 0 Å². The lowest BCUT2D eigenvalue weighted by Gasteiger charge is -2.00. The lowest BCUT2D eigenvalue weighted by Crippen LogP contribution is -1.88. The molecular weight excluding hydrogens is 204 g/mol. The monoisotopic (exact) mass is 207 g/mol. The highest BCUT2D eigenvalue weighted by atomic mass is 35.5. The molecule has 64 valence electrons. The molecular formula is C7H4Cl2FNO. The van der Waals surface area contributed by atoms with Crippen LogP contribution in [0.4, 0.5) is 4.39 Å². The molecule has 0 saturated heterocycles. The van der Waals surface area contributed by atoms with E-state index >= 15 is 0 Å². The van der Waals surface area contributed by atoms with Crippen molar-refractivity contribution in [1.29, 1.82) is 0 Å². The van der Waals surface area contributed by atoms with Gasteiger partial charge < -0.3 is 5.21 Å². The second-order valence-electron chi connectivity index (χ2n) is 2.00. The quantitative estimate of drug-likeness (QED) is 0.327. The largest absolute Gasteiger partial charge is 0.411 e. The predicted octanol–water partition coefficient (Wildman–Crippen LogP) is 2.94. The van der Waals surface area contributed by atoms with E-state index in [1.165, 1.54) is 6.07 Å². The summed E-state index contributed by atoms with van der Waals surface area (Å²) >= 11 is 11.1. The van der Waals surface area contributed by atoms with E-state index in [2.05, 4.69) is 5.16 Å². The standard InChI is InChI=1S/C7H4Cl2FNO/c8-5-1-2-6(10)7(9)4(5)3-11-12/h1-3,12H/b11-3+. The Bertz CT molecular complexity index is 327. The van der Waals surface area contributed by atoms with E-state index in [1.54, 1.807) is 0 Å². The van der Waals surface area contributed by atoms with Gasteiger partial charge in [0.25, 0.3) is 0 Å². The first kappa shape index (κ1) is 9.29.